The first-order chi connectivity index (χ1) is 10.4. The molecule has 1 aromatic carbocycles. The summed E-state index contributed by atoms with van der Waals surface area (Å²) in [5.74, 6) is -0.192. The third kappa shape index (κ3) is 3.31. The molecule has 1 saturated heterocycles. The van der Waals surface area contributed by atoms with Crippen molar-refractivity contribution < 1.29 is 18.3 Å². The number of likely N-dealkylation sites (N-methyl/N-ethyl adjacent to an activating group) is 1. The van der Waals surface area contributed by atoms with Gasteiger partial charge in [0.25, 0.3) is 0 Å². The van der Waals surface area contributed by atoms with Crippen molar-refractivity contribution in [1.82, 2.24) is 10.2 Å². The Morgan fingerprint density at radius 3 is 2.64 bits per heavy atom. The highest BCUT2D eigenvalue weighted by Gasteiger charge is 2.40. The Morgan fingerprint density at radius 1 is 1.41 bits per heavy atom. The lowest BCUT2D eigenvalue weighted by Crippen LogP contribution is -2.48. The fourth-order valence-electron chi connectivity index (χ4n) is 2.73. The van der Waals surface area contributed by atoms with E-state index in [1.807, 2.05) is 6.92 Å². The van der Waals surface area contributed by atoms with Crippen LogP contribution in [-0.2, 0) is 14.6 Å². The number of aryl methyl sites for hydroxylation is 1. The maximum Gasteiger partial charge on any atom is 0.236 e. The van der Waals surface area contributed by atoms with Crippen LogP contribution >= 0.6 is 0 Å². The van der Waals surface area contributed by atoms with Gasteiger partial charge in [-0.05, 0) is 38.9 Å². The molecular weight excluding hydrogens is 304 g/mol. The van der Waals surface area contributed by atoms with Crippen molar-refractivity contribution in [2.24, 2.45) is 0 Å². The minimum absolute atomic E-state index is 0.0820. The second-order valence-corrected chi connectivity index (χ2v) is 7.62. The number of hydrogen-bond donors (Lipinski definition) is 2. The number of nitrogens with one attached hydrogen (secondary N) is 1. The summed E-state index contributed by atoms with van der Waals surface area (Å²) >= 11 is 0. The predicted molar refractivity (Wildman–Crippen MR) is 83.0 cm³/mol. The van der Waals surface area contributed by atoms with Crippen molar-refractivity contribution >= 4 is 15.7 Å². The summed E-state index contributed by atoms with van der Waals surface area (Å²) < 4.78 is 25.1. The van der Waals surface area contributed by atoms with Crippen LogP contribution in [0.15, 0.2) is 29.2 Å². The van der Waals surface area contributed by atoms with Gasteiger partial charge in [-0.25, -0.2) is 8.42 Å². The van der Waals surface area contributed by atoms with E-state index in [0.717, 1.165) is 5.56 Å². The number of amides is 1. The van der Waals surface area contributed by atoms with Crippen molar-refractivity contribution in [3.63, 3.8) is 0 Å². The summed E-state index contributed by atoms with van der Waals surface area (Å²) in [4.78, 5) is 13.6. The van der Waals surface area contributed by atoms with Crippen LogP contribution in [-0.4, -0.2) is 55.9 Å². The highest BCUT2D eigenvalue weighted by atomic mass is 32.2. The highest BCUT2D eigenvalue weighted by molar-refractivity contribution is 7.92. The maximum atomic E-state index is 12.6. The molecule has 1 heterocycles. The number of nitrogens with zero attached hydrogens (tertiary/aromatic N) is 1. The Labute approximate surface area is 131 Å². The SMILES string of the molecule is CNCC(=O)N1CCC[C@H]1C(O)S(=O)(=O)c1ccc(C)cc1. The highest BCUT2D eigenvalue weighted by Crippen LogP contribution is 2.26. The Balaban J connectivity index is 2.23. The molecule has 1 aliphatic heterocycles. The maximum absolute atomic E-state index is 12.6. The number of rotatable bonds is 5. The van der Waals surface area contributed by atoms with E-state index in [4.69, 9.17) is 0 Å². The van der Waals surface area contributed by atoms with Gasteiger partial charge in [0.15, 0.2) is 5.44 Å². The Bertz CT molecular complexity index is 627. The standard InChI is InChI=1S/C15H22N2O4S/c1-11-5-7-12(8-6-11)22(20,21)15(19)13-4-3-9-17(13)14(18)10-16-2/h5-8,13,15-16,19H,3-4,9-10H2,1-2H3/t13-,15?/m0/s1. The first-order valence-electron chi connectivity index (χ1n) is 7.30. The van der Waals surface area contributed by atoms with Crippen LogP contribution in [0, 0.1) is 6.92 Å². The summed E-state index contributed by atoms with van der Waals surface area (Å²) in [7, 11) is -2.22. The number of carbonyl (C=O) groups is 1. The second-order valence-electron chi connectivity index (χ2n) is 5.58. The molecule has 0 saturated carbocycles. The number of hydrogen-bond acceptors (Lipinski definition) is 5. The fourth-order valence-corrected chi connectivity index (χ4v) is 4.22. The minimum Gasteiger partial charge on any atom is -0.375 e. The van der Waals surface area contributed by atoms with Gasteiger partial charge in [0.1, 0.15) is 0 Å². The number of benzene rings is 1. The largest absolute Gasteiger partial charge is 0.375 e. The van der Waals surface area contributed by atoms with Gasteiger partial charge in [-0.1, -0.05) is 17.7 Å². The smallest absolute Gasteiger partial charge is 0.236 e. The molecule has 1 amide bonds. The molecule has 1 fully saturated rings. The van der Waals surface area contributed by atoms with Crippen LogP contribution in [0.25, 0.3) is 0 Å². The van der Waals surface area contributed by atoms with Crippen LogP contribution in [0.1, 0.15) is 18.4 Å². The van der Waals surface area contributed by atoms with E-state index in [-0.39, 0.29) is 17.3 Å². The number of carbonyl (C=O) groups excluding carboxylic acids is 1. The number of sulfone groups is 1. The van der Waals surface area contributed by atoms with E-state index >= 15 is 0 Å². The summed E-state index contributed by atoms with van der Waals surface area (Å²) in [5.41, 5.74) is -0.654. The van der Waals surface area contributed by atoms with E-state index in [1.54, 1.807) is 19.2 Å². The van der Waals surface area contributed by atoms with Crippen molar-refractivity contribution in [2.45, 2.75) is 36.1 Å². The summed E-state index contributed by atoms with van der Waals surface area (Å²) in [5, 5.41) is 13.1. The van der Waals surface area contributed by atoms with Crippen molar-refractivity contribution in [1.29, 1.82) is 0 Å². The Kier molecular flexibility index (Phi) is 5.20. The van der Waals surface area contributed by atoms with Crippen molar-refractivity contribution in [2.75, 3.05) is 20.1 Å². The van der Waals surface area contributed by atoms with Crippen LogP contribution in [0.3, 0.4) is 0 Å². The van der Waals surface area contributed by atoms with E-state index in [1.165, 1.54) is 17.0 Å². The fraction of sp³-hybridized carbons (Fsp3) is 0.533. The van der Waals surface area contributed by atoms with Crippen molar-refractivity contribution in [3.05, 3.63) is 29.8 Å². The zero-order valence-electron chi connectivity index (χ0n) is 12.8. The molecular formula is C15H22N2O4S. The molecule has 1 aromatic rings. The van der Waals surface area contributed by atoms with E-state index in [0.29, 0.717) is 19.4 Å². The molecule has 0 radical (unpaired) electrons. The van der Waals surface area contributed by atoms with Gasteiger partial charge in [-0.2, -0.15) is 0 Å². The second kappa shape index (κ2) is 6.76. The summed E-state index contributed by atoms with van der Waals surface area (Å²) in [6.07, 6.45) is 1.18. The first kappa shape index (κ1) is 16.9. The monoisotopic (exact) mass is 326 g/mol. The number of aliphatic hydroxyl groups is 1. The Hall–Kier alpha value is -1.44. The van der Waals surface area contributed by atoms with Gasteiger partial charge in [0, 0.05) is 6.54 Å². The Morgan fingerprint density at radius 2 is 2.05 bits per heavy atom. The van der Waals surface area contributed by atoms with E-state index in [2.05, 4.69) is 5.32 Å². The van der Waals surface area contributed by atoms with E-state index in [9.17, 15) is 18.3 Å². The molecule has 0 spiro atoms. The van der Waals surface area contributed by atoms with Crippen LogP contribution in [0.2, 0.25) is 0 Å². The molecule has 22 heavy (non-hydrogen) atoms. The lowest BCUT2D eigenvalue weighted by Gasteiger charge is -2.28. The van der Waals surface area contributed by atoms with Gasteiger partial charge in [0.2, 0.25) is 15.7 Å². The van der Waals surface area contributed by atoms with Crippen LogP contribution < -0.4 is 5.32 Å². The molecule has 6 nitrogen and oxygen atoms in total. The van der Waals surface area contributed by atoms with Crippen LogP contribution in [0.4, 0.5) is 0 Å². The number of aliphatic hydroxyl groups excluding tert-OH is 1. The lowest BCUT2D eigenvalue weighted by atomic mass is 10.2. The average molecular weight is 326 g/mol. The molecule has 2 N–H and O–H groups in total. The van der Waals surface area contributed by atoms with Gasteiger partial charge in [-0.15, -0.1) is 0 Å². The molecule has 1 unspecified atom stereocenters. The molecule has 1 aliphatic rings. The normalized spacial score (nSPS) is 20.1. The van der Waals surface area contributed by atoms with Gasteiger partial charge in [0.05, 0.1) is 17.5 Å². The molecule has 2 atom stereocenters. The predicted octanol–water partition coefficient (Wildman–Crippen LogP) is 0.298. The van der Waals surface area contributed by atoms with Gasteiger partial charge in [-0.3, -0.25) is 4.79 Å². The third-order valence-electron chi connectivity index (χ3n) is 3.94. The molecule has 2 rings (SSSR count). The topological polar surface area (TPSA) is 86.7 Å². The van der Waals surface area contributed by atoms with Gasteiger partial charge >= 0.3 is 0 Å². The third-order valence-corrected chi connectivity index (χ3v) is 5.82. The zero-order chi connectivity index (χ0) is 16.3. The molecule has 122 valence electrons. The lowest BCUT2D eigenvalue weighted by molar-refractivity contribution is -0.132. The molecule has 7 heteroatoms. The van der Waals surface area contributed by atoms with Crippen LogP contribution in [0.5, 0.6) is 0 Å². The first-order valence-corrected chi connectivity index (χ1v) is 8.85. The quantitative estimate of drug-likeness (QED) is 0.812. The minimum atomic E-state index is -3.88. The average Bonchev–Trinajstić information content (AvgIpc) is 2.96. The molecule has 0 aromatic heterocycles. The zero-order valence-corrected chi connectivity index (χ0v) is 13.6. The number of likely N-dealkylation sites (tertiary alicyclic amines) is 1. The molecule has 0 bridgehead atoms. The molecule has 0 aliphatic carbocycles. The summed E-state index contributed by atoms with van der Waals surface area (Å²) in [6.45, 7) is 2.47. The summed E-state index contributed by atoms with van der Waals surface area (Å²) in [6, 6.07) is 5.67. The van der Waals surface area contributed by atoms with E-state index < -0.39 is 21.3 Å². The van der Waals surface area contributed by atoms with Crippen molar-refractivity contribution in [3.8, 4) is 0 Å². The van der Waals surface area contributed by atoms with Gasteiger partial charge < -0.3 is 15.3 Å².